The Morgan fingerprint density at radius 2 is 1.79 bits per heavy atom. The molecule has 0 fully saturated rings. The van der Waals surface area contributed by atoms with Gasteiger partial charge in [0, 0.05) is 7.11 Å². The predicted octanol–water partition coefficient (Wildman–Crippen LogP) is 3.05. The second kappa shape index (κ2) is 7.51. The number of aliphatic hydroxyl groups excluding tert-OH is 1. The molecule has 1 rings (SSSR count). The Labute approximate surface area is 116 Å². The van der Waals surface area contributed by atoms with E-state index in [-0.39, 0.29) is 5.41 Å². The van der Waals surface area contributed by atoms with E-state index in [2.05, 4.69) is 20.8 Å². The quantitative estimate of drug-likeness (QED) is 0.824. The Bertz CT molecular complexity index is 351. The Hall–Kier alpha value is -1.06. The zero-order chi connectivity index (χ0) is 14.3. The zero-order valence-corrected chi connectivity index (χ0v) is 12.5. The van der Waals surface area contributed by atoms with Gasteiger partial charge in [0.15, 0.2) is 0 Å². The van der Waals surface area contributed by atoms with Gasteiger partial charge in [-0.2, -0.15) is 0 Å². The minimum Gasteiger partial charge on any atom is -0.491 e. The Morgan fingerprint density at radius 1 is 1.16 bits per heavy atom. The summed E-state index contributed by atoms with van der Waals surface area (Å²) in [5, 5.41) is 9.88. The van der Waals surface area contributed by atoms with Gasteiger partial charge < -0.3 is 14.6 Å². The average Bonchev–Trinajstić information content (AvgIpc) is 2.33. The fourth-order valence-electron chi connectivity index (χ4n) is 1.93. The molecular formula is C16H26O3. The van der Waals surface area contributed by atoms with Crippen LogP contribution in [-0.4, -0.2) is 31.5 Å². The summed E-state index contributed by atoms with van der Waals surface area (Å²) in [7, 11) is 1.70. The average molecular weight is 266 g/mol. The van der Waals surface area contributed by atoms with Crippen LogP contribution in [0.2, 0.25) is 0 Å². The molecule has 0 radical (unpaired) electrons. The molecule has 0 aliphatic rings. The van der Waals surface area contributed by atoms with E-state index in [1.807, 2.05) is 24.3 Å². The number of methoxy groups -OCH3 is 1. The topological polar surface area (TPSA) is 38.7 Å². The summed E-state index contributed by atoms with van der Waals surface area (Å²) in [5.74, 6) is 0.800. The Morgan fingerprint density at radius 3 is 2.32 bits per heavy atom. The van der Waals surface area contributed by atoms with E-state index in [9.17, 15) is 5.11 Å². The molecule has 3 nitrogen and oxygen atoms in total. The molecule has 0 spiro atoms. The molecule has 0 aliphatic carbocycles. The number of aliphatic hydroxyl groups is 1. The van der Waals surface area contributed by atoms with Crippen LogP contribution < -0.4 is 4.74 Å². The van der Waals surface area contributed by atoms with Gasteiger partial charge in [0.05, 0.1) is 12.7 Å². The van der Waals surface area contributed by atoms with Gasteiger partial charge in [-0.1, -0.05) is 32.9 Å². The monoisotopic (exact) mass is 266 g/mol. The van der Waals surface area contributed by atoms with Gasteiger partial charge >= 0.3 is 0 Å². The normalized spacial score (nSPS) is 13.3. The molecular weight excluding hydrogens is 240 g/mol. The first-order valence-electron chi connectivity index (χ1n) is 6.79. The van der Waals surface area contributed by atoms with Gasteiger partial charge in [-0.15, -0.1) is 0 Å². The van der Waals surface area contributed by atoms with Crippen molar-refractivity contribution >= 4 is 0 Å². The van der Waals surface area contributed by atoms with Gasteiger partial charge in [0.1, 0.15) is 12.4 Å². The molecule has 19 heavy (non-hydrogen) atoms. The van der Waals surface area contributed by atoms with Crippen LogP contribution >= 0.6 is 0 Å². The van der Waals surface area contributed by atoms with Crippen molar-refractivity contribution in [2.45, 2.75) is 39.7 Å². The van der Waals surface area contributed by atoms with Crippen molar-refractivity contribution in [1.82, 2.24) is 0 Å². The largest absolute Gasteiger partial charge is 0.491 e. The minimum atomic E-state index is -0.423. The smallest absolute Gasteiger partial charge is 0.119 e. The van der Waals surface area contributed by atoms with Crippen LogP contribution in [0.1, 0.15) is 32.8 Å². The molecule has 1 unspecified atom stereocenters. The third kappa shape index (κ3) is 7.19. The van der Waals surface area contributed by atoms with Gasteiger partial charge in [0.25, 0.3) is 0 Å². The molecule has 1 aromatic carbocycles. The highest BCUT2D eigenvalue weighted by atomic mass is 16.5. The van der Waals surface area contributed by atoms with Crippen LogP contribution in [-0.2, 0) is 11.2 Å². The summed E-state index contributed by atoms with van der Waals surface area (Å²) in [6.45, 7) is 7.40. The summed E-state index contributed by atoms with van der Waals surface area (Å²) in [5.41, 5.74) is 1.34. The van der Waals surface area contributed by atoms with E-state index in [0.717, 1.165) is 25.2 Å². The third-order valence-electron chi connectivity index (χ3n) is 2.81. The van der Waals surface area contributed by atoms with Crippen molar-refractivity contribution in [2.24, 2.45) is 5.41 Å². The molecule has 0 aromatic heterocycles. The highest BCUT2D eigenvalue weighted by Crippen LogP contribution is 2.21. The molecule has 0 saturated heterocycles. The summed E-state index contributed by atoms with van der Waals surface area (Å²) in [6, 6.07) is 7.94. The summed E-state index contributed by atoms with van der Waals surface area (Å²) in [6.07, 6.45) is 1.22. The molecule has 0 aliphatic heterocycles. The molecule has 1 atom stereocenters. The molecule has 0 bridgehead atoms. The van der Waals surface area contributed by atoms with Crippen molar-refractivity contribution < 1.29 is 14.6 Å². The SMILES string of the molecule is COCCc1ccc(OCC(O)CC(C)(C)C)cc1. The lowest BCUT2D eigenvalue weighted by Crippen LogP contribution is -2.23. The molecule has 0 heterocycles. The van der Waals surface area contributed by atoms with Crippen molar-refractivity contribution in [3.63, 3.8) is 0 Å². The summed E-state index contributed by atoms with van der Waals surface area (Å²) in [4.78, 5) is 0. The van der Waals surface area contributed by atoms with Crippen LogP contribution in [0, 0.1) is 5.41 Å². The van der Waals surface area contributed by atoms with Crippen molar-refractivity contribution in [3.05, 3.63) is 29.8 Å². The maximum atomic E-state index is 9.88. The maximum absolute atomic E-state index is 9.88. The number of ether oxygens (including phenoxy) is 2. The third-order valence-corrected chi connectivity index (χ3v) is 2.81. The van der Waals surface area contributed by atoms with Crippen molar-refractivity contribution in [3.8, 4) is 5.75 Å². The van der Waals surface area contributed by atoms with E-state index in [1.165, 1.54) is 5.56 Å². The van der Waals surface area contributed by atoms with Gasteiger partial charge in [-0.25, -0.2) is 0 Å². The van der Waals surface area contributed by atoms with Crippen molar-refractivity contribution in [2.75, 3.05) is 20.3 Å². The van der Waals surface area contributed by atoms with Crippen LogP contribution in [0.4, 0.5) is 0 Å². The van der Waals surface area contributed by atoms with Gasteiger partial charge in [-0.3, -0.25) is 0 Å². The molecule has 0 saturated carbocycles. The maximum Gasteiger partial charge on any atom is 0.119 e. The second-order valence-corrected chi connectivity index (χ2v) is 6.12. The zero-order valence-electron chi connectivity index (χ0n) is 12.5. The lowest BCUT2D eigenvalue weighted by Gasteiger charge is -2.22. The van der Waals surface area contributed by atoms with E-state index >= 15 is 0 Å². The highest BCUT2D eigenvalue weighted by Gasteiger charge is 2.17. The molecule has 1 aromatic rings. The Kier molecular flexibility index (Phi) is 6.32. The Balaban J connectivity index is 2.37. The number of hydrogen-bond acceptors (Lipinski definition) is 3. The highest BCUT2D eigenvalue weighted by molar-refractivity contribution is 5.27. The first-order valence-corrected chi connectivity index (χ1v) is 6.79. The molecule has 1 N–H and O–H groups in total. The lowest BCUT2D eigenvalue weighted by molar-refractivity contribution is 0.0710. The lowest BCUT2D eigenvalue weighted by atomic mass is 9.89. The van der Waals surface area contributed by atoms with E-state index in [1.54, 1.807) is 7.11 Å². The second-order valence-electron chi connectivity index (χ2n) is 6.12. The first kappa shape index (κ1) is 16.0. The predicted molar refractivity (Wildman–Crippen MR) is 77.6 cm³/mol. The van der Waals surface area contributed by atoms with E-state index in [0.29, 0.717) is 6.61 Å². The number of rotatable bonds is 7. The summed E-state index contributed by atoms with van der Waals surface area (Å²) < 4.78 is 10.6. The summed E-state index contributed by atoms with van der Waals surface area (Å²) >= 11 is 0. The van der Waals surface area contributed by atoms with Gasteiger partial charge in [0.2, 0.25) is 0 Å². The standard InChI is InChI=1S/C16H26O3/c1-16(2,3)11-14(17)12-19-15-7-5-13(6-8-15)9-10-18-4/h5-8,14,17H,9-12H2,1-4H3. The fourth-order valence-corrected chi connectivity index (χ4v) is 1.93. The van der Waals surface area contributed by atoms with Crippen LogP contribution in [0.25, 0.3) is 0 Å². The number of hydrogen-bond donors (Lipinski definition) is 1. The van der Waals surface area contributed by atoms with Crippen LogP contribution in [0.3, 0.4) is 0 Å². The first-order chi connectivity index (χ1) is 8.90. The molecule has 3 heteroatoms. The minimum absolute atomic E-state index is 0.118. The number of benzene rings is 1. The fraction of sp³-hybridized carbons (Fsp3) is 0.625. The molecule has 108 valence electrons. The van der Waals surface area contributed by atoms with Crippen molar-refractivity contribution in [1.29, 1.82) is 0 Å². The van der Waals surface area contributed by atoms with Gasteiger partial charge in [-0.05, 0) is 36.0 Å². The van der Waals surface area contributed by atoms with Crippen LogP contribution in [0.5, 0.6) is 5.75 Å². The molecule has 0 amide bonds. The van der Waals surface area contributed by atoms with E-state index < -0.39 is 6.10 Å². The van der Waals surface area contributed by atoms with Crippen LogP contribution in [0.15, 0.2) is 24.3 Å². The van der Waals surface area contributed by atoms with E-state index in [4.69, 9.17) is 9.47 Å².